The van der Waals surface area contributed by atoms with E-state index in [1.165, 1.54) is 0 Å². The SMILES string of the molecule is CNC(=O)C1CCN(C(=O)C2CCN(S(=O)(=O)c3ccc(Cl)c(C(F)(F)F)c3)CC2)CC1. The van der Waals surface area contributed by atoms with Crippen LogP contribution in [-0.2, 0) is 25.8 Å². The van der Waals surface area contributed by atoms with Gasteiger partial charge in [0.15, 0.2) is 0 Å². The predicted octanol–water partition coefficient (Wildman–Crippen LogP) is 2.74. The Morgan fingerprint density at radius 3 is 2.12 bits per heavy atom. The fraction of sp³-hybridized carbons (Fsp3) is 0.600. The molecule has 178 valence electrons. The molecule has 1 aromatic carbocycles. The van der Waals surface area contributed by atoms with Crippen LogP contribution in [0.5, 0.6) is 0 Å². The molecule has 0 atom stereocenters. The summed E-state index contributed by atoms with van der Waals surface area (Å²) in [6, 6.07) is 2.53. The second kappa shape index (κ2) is 9.56. The quantitative estimate of drug-likeness (QED) is 0.696. The van der Waals surface area contributed by atoms with E-state index in [1.807, 2.05) is 0 Å². The molecule has 12 heteroatoms. The van der Waals surface area contributed by atoms with Gasteiger partial charge in [-0.1, -0.05) is 11.6 Å². The Balaban J connectivity index is 1.62. The summed E-state index contributed by atoms with van der Waals surface area (Å²) >= 11 is 5.59. The van der Waals surface area contributed by atoms with Gasteiger partial charge in [-0.3, -0.25) is 9.59 Å². The lowest BCUT2D eigenvalue weighted by molar-refractivity contribution is -0.140. The highest BCUT2D eigenvalue weighted by Gasteiger charge is 2.38. The summed E-state index contributed by atoms with van der Waals surface area (Å²) < 4.78 is 66.2. The molecule has 0 bridgehead atoms. The molecule has 1 aromatic rings. The third-order valence-electron chi connectivity index (χ3n) is 6.11. The first-order valence-electron chi connectivity index (χ1n) is 10.3. The van der Waals surface area contributed by atoms with Crippen molar-refractivity contribution in [1.29, 1.82) is 0 Å². The average Bonchev–Trinajstić information content (AvgIpc) is 2.77. The van der Waals surface area contributed by atoms with Crippen molar-refractivity contribution >= 4 is 33.4 Å². The number of rotatable bonds is 4. The van der Waals surface area contributed by atoms with Crippen LogP contribution in [0.2, 0.25) is 5.02 Å². The Bertz CT molecular complexity index is 971. The highest BCUT2D eigenvalue weighted by Crippen LogP contribution is 2.37. The minimum Gasteiger partial charge on any atom is -0.359 e. The van der Waals surface area contributed by atoms with Crippen LogP contribution in [0.3, 0.4) is 0 Å². The first kappa shape index (κ1) is 24.8. The summed E-state index contributed by atoms with van der Waals surface area (Å²) in [5, 5.41) is 2.05. The van der Waals surface area contributed by atoms with Gasteiger partial charge in [-0.2, -0.15) is 17.5 Å². The second-order valence-corrected chi connectivity index (χ2v) is 10.4. The van der Waals surface area contributed by atoms with E-state index in [4.69, 9.17) is 11.6 Å². The third-order valence-corrected chi connectivity index (χ3v) is 8.33. The van der Waals surface area contributed by atoms with E-state index in [1.54, 1.807) is 11.9 Å². The average molecular weight is 496 g/mol. The van der Waals surface area contributed by atoms with Crippen molar-refractivity contribution in [2.24, 2.45) is 11.8 Å². The molecule has 0 saturated carbocycles. The normalized spacial score (nSPS) is 19.7. The number of likely N-dealkylation sites (tertiary alicyclic amines) is 1. The highest BCUT2D eigenvalue weighted by atomic mass is 35.5. The lowest BCUT2D eigenvalue weighted by atomic mass is 9.92. The molecule has 0 radical (unpaired) electrons. The van der Waals surface area contributed by atoms with Crippen LogP contribution in [0.4, 0.5) is 13.2 Å². The standard InChI is InChI=1S/C20H25ClF3N3O4S/c1-25-18(28)13-4-8-26(9-5-13)19(29)14-6-10-27(11-7-14)32(30,31)15-2-3-17(21)16(12-15)20(22,23)24/h2-3,12-14H,4-11H2,1H3,(H,25,28). The van der Waals surface area contributed by atoms with E-state index in [9.17, 15) is 31.2 Å². The Morgan fingerprint density at radius 1 is 1.03 bits per heavy atom. The molecular weight excluding hydrogens is 471 g/mol. The summed E-state index contributed by atoms with van der Waals surface area (Å²) in [6.45, 7) is 1.02. The van der Waals surface area contributed by atoms with Crippen LogP contribution in [0.15, 0.2) is 23.1 Å². The molecule has 2 heterocycles. The van der Waals surface area contributed by atoms with Crippen LogP contribution in [0, 0.1) is 11.8 Å². The van der Waals surface area contributed by atoms with Gasteiger partial charge in [0.25, 0.3) is 0 Å². The van der Waals surface area contributed by atoms with E-state index in [-0.39, 0.29) is 49.6 Å². The van der Waals surface area contributed by atoms with Gasteiger partial charge in [0.2, 0.25) is 21.8 Å². The second-order valence-electron chi connectivity index (χ2n) is 8.03. The molecule has 2 fully saturated rings. The van der Waals surface area contributed by atoms with Crippen molar-refractivity contribution in [3.05, 3.63) is 28.8 Å². The Hall–Kier alpha value is -1.85. The number of nitrogens with one attached hydrogen (secondary N) is 1. The van der Waals surface area contributed by atoms with Crippen LogP contribution >= 0.6 is 11.6 Å². The van der Waals surface area contributed by atoms with Crippen LogP contribution in [0.25, 0.3) is 0 Å². The number of piperidine rings is 2. The van der Waals surface area contributed by atoms with Gasteiger partial charge in [0.1, 0.15) is 0 Å². The van der Waals surface area contributed by atoms with Crippen molar-refractivity contribution in [1.82, 2.24) is 14.5 Å². The summed E-state index contributed by atoms with van der Waals surface area (Å²) in [5.74, 6) is -0.569. The monoisotopic (exact) mass is 495 g/mol. The van der Waals surface area contributed by atoms with Gasteiger partial charge in [-0.25, -0.2) is 8.42 Å². The topological polar surface area (TPSA) is 86.8 Å². The Kier molecular flexibility index (Phi) is 7.41. The van der Waals surface area contributed by atoms with Gasteiger partial charge in [-0.05, 0) is 43.9 Å². The number of carbonyl (C=O) groups excluding carboxylic acids is 2. The molecule has 2 aliphatic rings. The molecule has 32 heavy (non-hydrogen) atoms. The van der Waals surface area contributed by atoms with Gasteiger partial charge in [-0.15, -0.1) is 0 Å². The molecule has 2 aliphatic heterocycles. The van der Waals surface area contributed by atoms with E-state index in [0.717, 1.165) is 16.4 Å². The van der Waals surface area contributed by atoms with Crippen LogP contribution in [-0.4, -0.2) is 62.7 Å². The number of carbonyl (C=O) groups is 2. The van der Waals surface area contributed by atoms with Gasteiger partial charge < -0.3 is 10.2 Å². The van der Waals surface area contributed by atoms with Gasteiger partial charge in [0, 0.05) is 45.1 Å². The zero-order chi connectivity index (χ0) is 23.7. The lowest BCUT2D eigenvalue weighted by Gasteiger charge is -2.36. The number of sulfonamides is 1. The zero-order valence-corrected chi connectivity index (χ0v) is 19.1. The number of hydrogen-bond donors (Lipinski definition) is 1. The molecule has 2 amide bonds. The minimum atomic E-state index is -4.77. The first-order valence-corrected chi connectivity index (χ1v) is 12.1. The molecule has 0 aromatic heterocycles. The minimum absolute atomic E-state index is 0.0357. The van der Waals surface area contributed by atoms with E-state index in [2.05, 4.69) is 5.32 Å². The molecular formula is C20H25ClF3N3O4S. The summed E-state index contributed by atoms with van der Waals surface area (Å²) in [6.07, 6.45) is -3.04. The molecule has 0 spiro atoms. The number of halogens is 4. The molecule has 7 nitrogen and oxygen atoms in total. The Labute approximate surface area is 189 Å². The maximum Gasteiger partial charge on any atom is 0.417 e. The van der Waals surface area contributed by atoms with E-state index in [0.29, 0.717) is 32.0 Å². The smallest absolute Gasteiger partial charge is 0.359 e. The summed E-state index contributed by atoms with van der Waals surface area (Å²) in [4.78, 5) is 25.8. The zero-order valence-electron chi connectivity index (χ0n) is 17.5. The molecule has 2 saturated heterocycles. The summed E-state index contributed by atoms with van der Waals surface area (Å²) in [7, 11) is -2.57. The van der Waals surface area contributed by atoms with E-state index < -0.39 is 31.7 Å². The van der Waals surface area contributed by atoms with Crippen molar-refractivity contribution in [3.8, 4) is 0 Å². The van der Waals surface area contributed by atoms with Crippen molar-refractivity contribution in [2.45, 2.75) is 36.8 Å². The number of hydrogen-bond acceptors (Lipinski definition) is 4. The highest BCUT2D eigenvalue weighted by molar-refractivity contribution is 7.89. The van der Waals surface area contributed by atoms with E-state index >= 15 is 0 Å². The Morgan fingerprint density at radius 2 is 1.59 bits per heavy atom. The molecule has 0 unspecified atom stereocenters. The number of benzene rings is 1. The first-order chi connectivity index (χ1) is 14.9. The van der Waals surface area contributed by atoms with Crippen molar-refractivity contribution in [3.63, 3.8) is 0 Å². The maximum absolute atomic E-state index is 13.1. The predicted molar refractivity (Wildman–Crippen MR) is 111 cm³/mol. The third kappa shape index (κ3) is 5.20. The van der Waals surface area contributed by atoms with Crippen molar-refractivity contribution in [2.75, 3.05) is 33.2 Å². The summed E-state index contributed by atoms with van der Waals surface area (Å²) in [5.41, 5.74) is -1.20. The van der Waals surface area contributed by atoms with Crippen LogP contribution < -0.4 is 5.32 Å². The van der Waals surface area contributed by atoms with Gasteiger partial charge >= 0.3 is 6.18 Å². The molecule has 1 N–H and O–H groups in total. The fourth-order valence-electron chi connectivity index (χ4n) is 4.20. The maximum atomic E-state index is 13.1. The molecule has 0 aliphatic carbocycles. The number of alkyl halides is 3. The van der Waals surface area contributed by atoms with Crippen LogP contribution in [0.1, 0.15) is 31.2 Å². The molecule has 3 rings (SSSR count). The fourth-order valence-corrected chi connectivity index (χ4v) is 5.92. The number of nitrogens with zero attached hydrogens (tertiary/aromatic N) is 2. The van der Waals surface area contributed by atoms with Crippen molar-refractivity contribution < 1.29 is 31.2 Å². The lowest BCUT2D eigenvalue weighted by Crippen LogP contribution is -2.47. The largest absolute Gasteiger partial charge is 0.417 e. The number of amides is 2. The van der Waals surface area contributed by atoms with Gasteiger partial charge in [0.05, 0.1) is 15.5 Å².